The molecule has 0 atom stereocenters. The Morgan fingerprint density at radius 1 is 1.00 bits per heavy atom. The van der Waals surface area contributed by atoms with Crippen LogP contribution in [-0.4, -0.2) is 26.9 Å². The fraction of sp³-hybridized carbons (Fsp3) is 0.188. The second-order valence-corrected chi connectivity index (χ2v) is 4.76. The Morgan fingerprint density at radius 3 is 2.29 bits per heavy atom. The van der Waals surface area contributed by atoms with Crippen molar-refractivity contribution in [3.63, 3.8) is 0 Å². The standard InChI is InChI=1S/C16H16N4O/c1-11-12(2)20(14-7-5-4-6-8-14)19-15(11)13-9-17-16(21-3)18-10-13/h4-10H,1-3H3. The summed E-state index contributed by atoms with van der Waals surface area (Å²) in [7, 11) is 1.55. The molecule has 5 nitrogen and oxygen atoms in total. The van der Waals surface area contributed by atoms with E-state index in [9.17, 15) is 0 Å². The van der Waals surface area contributed by atoms with Crippen LogP contribution in [0.5, 0.6) is 6.01 Å². The van der Waals surface area contributed by atoms with Gasteiger partial charge < -0.3 is 4.74 Å². The van der Waals surface area contributed by atoms with Crippen LogP contribution in [0.15, 0.2) is 42.7 Å². The first kappa shape index (κ1) is 13.3. The third kappa shape index (κ3) is 2.38. The van der Waals surface area contributed by atoms with E-state index in [1.807, 2.05) is 35.0 Å². The van der Waals surface area contributed by atoms with Gasteiger partial charge in [0.1, 0.15) is 0 Å². The van der Waals surface area contributed by atoms with Gasteiger partial charge in [-0.25, -0.2) is 14.6 Å². The van der Waals surface area contributed by atoms with E-state index in [0.29, 0.717) is 6.01 Å². The van der Waals surface area contributed by atoms with Crippen LogP contribution in [0.25, 0.3) is 16.9 Å². The number of aromatic nitrogens is 4. The SMILES string of the molecule is COc1ncc(-c2nn(-c3ccccc3)c(C)c2C)cn1. The van der Waals surface area contributed by atoms with Crippen LogP contribution in [0, 0.1) is 13.8 Å². The number of ether oxygens (including phenoxy) is 1. The molecule has 0 amide bonds. The second kappa shape index (κ2) is 5.36. The number of benzene rings is 1. The summed E-state index contributed by atoms with van der Waals surface area (Å²) in [6.07, 6.45) is 3.46. The third-order valence-electron chi connectivity index (χ3n) is 3.50. The first-order chi connectivity index (χ1) is 10.2. The molecule has 0 unspecified atom stereocenters. The Balaban J connectivity index is 2.08. The van der Waals surface area contributed by atoms with Gasteiger partial charge in [0, 0.05) is 23.7 Å². The lowest BCUT2D eigenvalue weighted by Gasteiger charge is -2.03. The zero-order valence-corrected chi connectivity index (χ0v) is 12.2. The minimum absolute atomic E-state index is 0.357. The Morgan fingerprint density at radius 2 is 1.67 bits per heavy atom. The minimum Gasteiger partial charge on any atom is -0.467 e. The maximum Gasteiger partial charge on any atom is 0.316 e. The molecule has 0 N–H and O–H groups in total. The molecule has 1 aromatic carbocycles. The molecule has 0 aliphatic heterocycles. The number of methoxy groups -OCH3 is 1. The van der Waals surface area contributed by atoms with E-state index in [4.69, 9.17) is 9.84 Å². The number of hydrogen-bond acceptors (Lipinski definition) is 4. The lowest BCUT2D eigenvalue weighted by molar-refractivity contribution is 0.380. The number of rotatable bonds is 3. The minimum atomic E-state index is 0.357. The van der Waals surface area contributed by atoms with Gasteiger partial charge in [0.05, 0.1) is 18.5 Å². The molecule has 0 saturated carbocycles. The molecular formula is C16H16N4O. The molecule has 106 valence electrons. The van der Waals surface area contributed by atoms with Crippen LogP contribution in [-0.2, 0) is 0 Å². The summed E-state index contributed by atoms with van der Waals surface area (Å²) < 4.78 is 6.93. The highest BCUT2D eigenvalue weighted by molar-refractivity contribution is 5.62. The normalized spacial score (nSPS) is 10.6. The van der Waals surface area contributed by atoms with Gasteiger partial charge in [0.15, 0.2) is 0 Å². The molecule has 0 radical (unpaired) electrons. The molecule has 3 aromatic rings. The summed E-state index contributed by atoms with van der Waals surface area (Å²) in [6, 6.07) is 10.4. The van der Waals surface area contributed by atoms with Crippen LogP contribution in [0.1, 0.15) is 11.3 Å². The van der Waals surface area contributed by atoms with Crippen LogP contribution in [0.2, 0.25) is 0 Å². The van der Waals surface area contributed by atoms with E-state index in [-0.39, 0.29) is 0 Å². The molecule has 2 heterocycles. The molecule has 0 fully saturated rings. The van der Waals surface area contributed by atoms with Crippen molar-refractivity contribution in [2.75, 3.05) is 7.11 Å². The molecule has 5 heteroatoms. The lowest BCUT2D eigenvalue weighted by Crippen LogP contribution is -1.98. The maximum atomic E-state index is 4.99. The van der Waals surface area contributed by atoms with E-state index >= 15 is 0 Å². The summed E-state index contributed by atoms with van der Waals surface area (Å²) in [5, 5.41) is 4.70. The Labute approximate surface area is 123 Å². The van der Waals surface area contributed by atoms with Gasteiger partial charge in [-0.2, -0.15) is 5.10 Å². The zero-order valence-electron chi connectivity index (χ0n) is 12.2. The zero-order chi connectivity index (χ0) is 14.8. The molecule has 0 spiro atoms. The van der Waals surface area contributed by atoms with Gasteiger partial charge in [-0.15, -0.1) is 0 Å². The monoisotopic (exact) mass is 280 g/mol. The van der Waals surface area contributed by atoms with Crippen LogP contribution >= 0.6 is 0 Å². The first-order valence-electron chi connectivity index (χ1n) is 6.68. The molecule has 21 heavy (non-hydrogen) atoms. The van der Waals surface area contributed by atoms with Crippen molar-refractivity contribution < 1.29 is 4.74 Å². The van der Waals surface area contributed by atoms with E-state index in [1.165, 1.54) is 0 Å². The molecule has 2 aromatic heterocycles. The summed E-state index contributed by atoms with van der Waals surface area (Å²) in [5.74, 6) is 0. The fourth-order valence-electron chi connectivity index (χ4n) is 2.22. The molecule has 0 aliphatic rings. The predicted octanol–water partition coefficient (Wildman–Crippen LogP) is 2.95. The molecular weight excluding hydrogens is 264 g/mol. The van der Waals surface area contributed by atoms with E-state index < -0.39 is 0 Å². The van der Waals surface area contributed by atoms with Crippen molar-refractivity contribution in [3.8, 4) is 23.0 Å². The summed E-state index contributed by atoms with van der Waals surface area (Å²) in [6.45, 7) is 4.12. The summed E-state index contributed by atoms with van der Waals surface area (Å²) in [5.41, 5.74) is 5.03. The number of para-hydroxylation sites is 1. The highest BCUT2D eigenvalue weighted by Gasteiger charge is 2.14. The second-order valence-electron chi connectivity index (χ2n) is 4.76. The van der Waals surface area contributed by atoms with E-state index in [1.54, 1.807) is 19.5 Å². The highest BCUT2D eigenvalue weighted by Crippen LogP contribution is 2.25. The van der Waals surface area contributed by atoms with Crippen LogP contribution in [0.3, 0.4) is 0 Å². The van der Waals surface area contributed by atoms with Gasteiger partial charge in [0.25, 0.3) is 0 Å². The van der Waals surface area contributed by atoms with Crippen molar-refractivity contribution in [2.45, 2.75) is 13.8 Å². The number of nitrogens with zero attached hydrogens (tertiary/aromatic N) is 4. The van der Waals surface area contributed by atoms with Crippen molar-refractivity contribution in [3.05, 3.63) is 54.0 Å². The van der Waals surface area contributed by atoms with Crippen LogP contribution in [0.4, 0.5) is 0 Å². The predicted molar refractivity (Wildman–Crippen MR) is 80.6 cm³/mol. The van der Waals surface area contributed by atoms with Crippen LogP contribution < -0.4 is 4.74 Å². The average Bonchev–Trinajstić information content (AvgIpc) is 2.84. The topological polar surface area (TPSA) is 52.8 Å². The van der Waals surface area contributed by atoms with E-state index in [2.05, 4.69) is 23.8 Å². The quantitative estimate of drug-likeness (QED) is 0.740. The van der Waals surface area contributed by atoms with Crippen molar-refractivity contribution in [1.82, 2.24) is 19.7 Å². The number of hydrogen-bond donors (Lipinski definition) is 0. The van der Waals surface area contributed by atoms with Gasteiger partial charge in [-0.05, 0) is 31.5 Å². The summed E-state index contributed by atoms with van der Waals surface area (Å²) in [4.78, 5) is 8.29. The molecule has 3 rings (SSSR count). The van der Waals surface area contributed by atoms with Gasteiger partial charge in [-0.1, -0.05) is 18.2 Å². The van der Waals surface area contributed by atoms with Crippen molar-refractivity contribution in [1.29, 1.82) is 0 Å². The fourth-order valence-corrected chi connectivity index (χ4v) is 2.22. The van der Waals surface area contributed by atoms with Crippen molar-refractivity contribution >= 4 is 0 Å². The lowest BCUT2D eigenvalue weighted by atomic mass is 10.1. The average molecular weight is 280 g/mol. The maximum absolute atomic E-state index is 4.99. The smallest absolute Gasteiger partial charge is 0.316 e. The molecule has 0 saturated heterocycles. The largest absolute Gasteiger partial charge is 0.467 e. The van der Waals surface area contributed by atoms with Gasteiger partial charge in [0.2, 0.25) is 0 Å². The third-order valence-corrected chi connectivity index (χ3v) is 3.50. The molecule has 0 bridgehead atoms. The molecule has 0 aliphatic carbocycles. The highest BCUT2D eigenvalue weighted by atomic mass is 16.5. The van der Waals surface area contributed by atoms with Gasteiger partial charge in [-0.3, -0.25) is 0 Å². The summed E-state index contributed by atoms with van der Waals surface area (Å²) >= 11 is 0. The van der Waals surface area contributed by atoms with Crippen molar-refractivity contribution in [2.24, 2.45) is 0 Å². The van der Waals surface area contributed by atoms with E-state index in [0.717, 1.165) is 28.2 Å². The Hall–Kier alpha value is -2.69. The first-order valence-corrected chi connectivity index (χ1v) is 6.68. The Bertz CT molecular complexity index is 748. The van der Waals surface area contributed by atoms with Gasteiger partial charge >= 0.3 is 6.01 Å². The Kier molecular flexibility index (Phi) is 3.39.